The molecule has 0 saturated carbocycles. The molecule has 4 aromatic rings. The Kier molecular flexibility index (Phi) is 5.27. The molecule has 2 amide bonds. The Bertz CT molecular complexity index is 1250. The van der Waals surface area contributed by atoms with Gasteiger partial charge in [0, 0.05) is 32.1 Å². The quantitative estimate of drug-likeness (QED) is 0.405. The first kappa shape index (κ1) is 19.4. The van der Waals surface area contributed by atoms with Gasteiger partial charge in [0.25, 0.3) is 11.8 Å². The molecule has 4 rings (SSSR count). The average molecular weight is 443 g/mol. The van der Waals surface area contributed by atoms with Gasteiger partial charge in [-0.1, -0.05) is 23.7 Å². The standard InChI is InChI=1S/C21H15ClN2O3S2/c22-14-4-5-15-13(9-18(28-15)20(23)26)19(14)16-6-7-17(29-16)21(27)24-10-11-2-1-3-12(25)8-11/h1-9,25H,10H2,(H2,23,26)(H,24,27). The maximum Gasteiger partial charge on any atom is 0.261 e. The summed E-state index contributed by atoms with van der Waals surface area (Å²) in [5, 5.41) is 13.7. The smallest absolute Gasteiger partial charge is 0.261 e. The van der Waals surface area contributed by atoms with E-state index in [1.165, 1.54) is 22.7 Å². The van der Waals surface area contributed by atoms with Gasteiger partial charge in [0.15, 0.2) is 0 Å². The Balaban J connectivity index is 1.61. The monoisotopic (exact) mass is 442 g/mol. The molecule has 4 N–H and O–H groups in total. The number of carbonyl (C=O) groups excluding carboxylic acids is 2. The van der Waals surface area contributed by atoms with E-state index in [2.05, 4.69) is 5.32 Å². The van der Waals surface area contributed by atoms with Crippen LogP contribution in [0.4, 0.5) is 0 Å². The van der Waals surface area contributed by atoms with Crippen LogP contribution in [0, 0.1) is 0 Å². The van der Waals surface area contributed by atoms with E-state index in [9.17, 15) is 14.7 Å². The first-order valence-electron chi connectivity index (χ1n) is 8.60. The van der Waals surface area contributed by atoms with Crippen molar-refractivity contribution < 1.29 is 14.7 Å². The van der Waals surface area contributed by atoms with Crippen molar-refractivity contribution in [1.82, 2.24) is 5.32 Å². The Morgan fingerprint density at radius 1 is 1.03 bits per heavy atom. The fourth-order valence-corrected chi connectivity index (χ4v) is 5.23. The third kappa shape index (κ3) is 3.98. The number of phenols is 1. The number of fused-ring (bicyclic) bond motifs is 1. The zero-order valence-corrected chi connectivity index (χ0v) is 17.3. The van der Waals surface area contributed by atoms with E-state index in [1.807, 2.05) is 18.2 Å². The summed E-state index contributed by atoms with van der Waals surface area (Å²) in [6, 6.07) is 15.7. The fraction of sp³-hybridized carbons (Fsp3) is 0.0476. The molecule has 8 heteroatoms. The van der Waals surface area contributed by atoms with E-state index >= 15 is 0 Å². The van der Waals surface area contributed by atoms with E-state index in [0.29, 0.717) is 21.3 Å². The van der Waals surface area contributed by atoms with Crippen molar-refractivity contribution >= 4 is 56.2 Å². The number of thiophene rings is 2. The fourth-order valence-electron chi connectivity index (χ4n) is 2.99. The Morgan fingerprint density at radius 3 is 2.62 bits per heavy atom. The summed E-state index contributed by atoms with van der Waals surface area (Å²) in [7, 11) is 0. The molecule has 0 aliphatic rings. The number of primary amides is 1. The van der Waals surface area contributed by atoms with Crippen molar-refractivity contribution in [2.45, 2.75) is 6.54 Å². The van der Waals surface area contributed by atoms with Crippen molar-refractivity contribution in [3.63, 3.8) is 0 Å². The van der Waals surface area contributed by atoms with Crippen LogP contribution in [0.1, 0.15) is 24.9 Å². The number of hydrogen-bond donors (Lipinski definition) is 3. The number of phenolic OH excluding ortho intramolecular Hbond substituents is 1. The second kappa shape index (κ2) is 7.87. The highest BCUT2D eigenvalue weighted by Gasteiger charge is 2.17. The van der Waals surface area contributed by atoms with Crippen LogP contribution in [0.15, 0.2) is 54.6 Å². The molecule has 0 fully saturated rings. The molecule has 29 heavy (non-hydrogen) atoms. The summed E-state index contributed by atoms with van der Waals surface area (Å²) in [6.45, 7) is 0.309. The zero-order valence-electron chi connectivity index (χ0n) is 14.9. The van der Waals surface area contributed by atoms with Crippen LogP contribution in [-0.4, -0.2) is 16.9 Å². The number of aromatic hydroxyl groups is 1. The van der Waals surface area contributed by atoms with Gasteiger partial charge in [-0.05, 0) is 48.0 Å². The van der Waals surface area contributed by atoms with E-state index < -0.39 is 5.91 Å². The Morgan fingerprint density at radius 2 is 1.86 bits per heavy atom. The third-order valence-corrected chi connectivity index (χ3v) is 6.86. The molecule has 2 aromatic heterocycles. The van der Waals surface area contributed by atoms with E-state index in [4.69, 9.17) is 17.3 Å². The topological polar surface area (TPSA) is 92.4 Å². The number of hydrogen-bond acceptors (Lipinski definition) is 5. The van der Waals surface area contributed by atoms with Crippen molar-refractivity contribution in [2.24, 2.45) is 5.73 Å². The van der Waals surface area contributed by atoms with Gasteiger partial charge in [0.2, 0.25) is 0 Å². The van der Waals surface area contributed by atoms with Crippen LogP contribution in [0.25, 0.3) is 20.5 Å². The molecular formula is C21H15ClN2O3S2. The minimum Gasteiger partial charge on any atom is -0.508 e. The van der Waals surface area contributed by atoms with Gasteiger partial charge in [-0.3, -0.25) is 9.59 Å². The maximum absolute atomic E-state index is 12.5. The van der Waals surface area contributed by atoms with Gasteiger partial charge in [0.05, 0.1) is 9.75 Å². The molecule has 0 saturated heterocycles. The SMILES string of the molecule is NC(=O)c1cc2c(-c3ccc(C(=O)NCc4cccc(O)c4)s3)c(Cl)ccc2s1. The molecule has 0 unspecified atom stereocenters. The van der Waals surface area contributed by atoms with Gasteiger partial charge < -0.3 is 16.2 Å². The van der Waals surface area contributed by atoms with Gasteiger partial charge in [-0.15, -0.1) is 22.7 Å². The van der Waals surface area contributed by atoms with Gasteiger partial charge in [-0.25, -0.2) is 0 Å². The van der Waals surface area contributed by atoms with Gasteiger partial charge >= 0.3 is 0 Å². The number of amides is 2. The lowest BCUT2D eigenvalue weighted by atomic mass is 10.1. The summed E-state index contributed by atoms with van der Waals surface area (Å²) in [4.78, 5) is 25.9. The lowest BCUT2D eigenvalue weighted by Gasteiger charge is -2.05. The maximum atomic E-state index is 12.5. The first-order chi connectivity index (χ1) is 13.9. The van der Waals surface area contributed by atoms with E-state index in [-0.39, 0.29) is 11.7 Å². The summed E-state index contributed by atoms with van der Waals surface area (Å²) in [6.07, 6.45) is 0. The summed E-state index contributed by atoms with van der Waals surface area (Å²) in [5.74, 6) is -0.536. The highest BCUT2D eigenvalue weighted by atomic mass is 35.5. The Labute approximate surface area is 179 Å². The molecule has 5 nitrogen and oxygen atoms in total. The Hall–Kier alpha value is -2.87. The average Bonchev–Trinajstić information content (AvgIpc) is 3.33. The third-order valence-electron chi connectivity index (χ3n) is 4.33. The van der Waals surface area contributed by atoms with Crippen molar-refractivity contribution in [3.8, 4) is 16.2 Å². The minimum atomic E-state index is -0.480. The van der Waals surface area contributed by atoms with Crippen molar-refractivity contribution in [1.29, 1.82) is 0 Å². The largest absolute Gasteiger partial charge is 0.508 e. The molecule has 0 atom stereocenters. The van der Waals surface area contributed by atoms with Crippen LogP contribution in [-0.2, 0) is 6.54 Å². The molecule has 0 radical (unpaired) electrons. The lowest BCUT2D eigenvalue weighted by molar-refractivity contribution is 0.0953. The molecule has 146 valence electrons. The van der Waals surface area contributed by atoms with Crippen LogP contribution >= 0.6 is 34.3 Å². The van der Waals surface area contributed by atoms with Crippen LogP contribution in [0.5, 0.6) is 5.75 Å². The molecular weight excluding hydrogens is 428 g/mol. The van der Waals surface area contributed by atoms with Gasteiger partial charge in [0.1, 0.15) is 5.75 Å². The minimum absolute atomic E-state index is 0.156. The van der Waals surface area contributed by atoms with E-state index in [0.717, 1.165) is 26.1 Å². The molecule has 0 spiro atoms. The predicted octanol–water partition coefficient (Wildman–Crippen LogP) is 5.02. The highest BCUT2D eigenvalue weighted by molar-refractivity contribution is 7.21. The predicted molar refractivity (Wildman–Crippen MR) is 118 cm³/mol. The number of benzene rings is 2. The molecule has 0 aliphatic carbocycles. The number of halogens is 1. The second-order valence-electron chi connectivity index (χ2n) is 6.33. The number of carbonyl (C=O) groups is 2. The van der Waals surface area contributed by atoms with Gasteiger partial charge in [-0.2, -0.15) is 0 Å². The first-order valence-corrected chi connectivity index (χ1v) is 10.6. The molecule has 0 aliphatic heterocycles. The van der Waals surface area contributed by atoms with Crippen molar-refractivity contribution in [3.05, 3.63) is 74.9 Å². The summed E-state index contributed by atoms with van der Waals surface area (Å²) in [5.41, 5.74) is 7.00. The number of nitrogens with two attached hydrogens (primary N) is 1. The highest BCUT2D eigenvalue weighted by Crippen LogP contribution is 2.41. The lowest BCUT2D eigenvalue weighted by Crippen LogP contribution is -2.21. The van der Waals surface area contributed by atoms with Crippen LogP contribution in [0.3, 0.4) is 0 Å². The van der Waals surface area contributed by atoms with Crippen molar-refractivity contribution in [2.75, 3.05) is 0 Å². The summed E-state index contributed by atoms with van der Waals surface area (Å²) >= 11 is 9.08. The van der Waals surface area contributed by atoms with Crippen LogP contribution < -0.4 is 11.1 Å². The molecule has 0 bridgehead atoms. The normalized spacial score (nSPS) is 10.9. The van der Waals surface area contributed by atoms with Crippen LogP contribution in [0.2, 0.25) is 5.02 Å². The number of rotatable bonds is 5. The van der Waals surface area contributed by atoms with E-state index in [1.54, 1.807) is 36.4 Å². The summed E-state index contributed by atoms with van der Waals surface area (Å²) < 4.78 is 0.904. The second-order valence-corrected chi connectivity index (χ2v) is 8.90. The molecule has 2 aromatic carbocycles. The number of nitrogens with one attached hydrogen (secondary N) is 1. The zero-order chi connectivity index (χ0) is 20.5. The molecule has 2 heterocycles.